The predicted molar refractivity (Wildman–Crippen MR) is 184 cm³/mol. The summed E-state index contributed by atoms with van der Waals surface area (Å²) in [7, 11) is 1.44. The molecule has 3 aromatic rings. The zero-order valence-corrected chi connectivity index (χ0v) is 29.1. The van der Waals surface area contributed by atoms with Crippen molar-refractivity contribution >= 4 is 58.3 Å². The molecule has 4 rings (SSSR count). The maximum atomic E-state index is 12.6. The van der Waals surface area contributed by atoms with E-state index in [-0.39, 0.29) is 24.5 Å². The van der Waals surface area contributed by atoms with Gasteiger partial charge >= 0.3 is 12.0 Å². The van der Waals surface area contributed by atoms with Crippen LogP contribution >= 0.6 is 34.2 Å². The third kappa shape index (κ3) is 9.51. The van der Waals surface area contributed by atoms with Gasteiger partial charge in [0, 0.05) is 10.7 Å². The Balaban J connectivity index is 1.39. The number of rotatable bonds is 14. The van der Waals surface area contributed by atoms with E-state index in [0.717, 1.165) is 9.13 Å². The van der Waals surface area contributed by atoms with Gasteiger partial charge in [0.25, 0.3) is 5.91 Å². The molecule has 47 heavy (non-hydrogen) atoms. The van der Waals surface area contributed by atoms with Crippen molar-refractivity contribution in [2.45, 2.75) is 33.4 Å². The molecule has 3 amide bonds. The average molecular weight is 777 g/mol. The fourth-order valence-corrected chi connectivity index (χ4v) is 5.60. The molecule has 0 aromatic heterocycles. The van der Waals surface area contributed by atoms with Crippen molar-refractivity contribution in [3.8, 4) is 23.0 Å². The van der Waals surface area contributed by atoms with E-state index in [9.17, 15) is 14.4 Å². The van der Waals surface area contributed by atoms with Crippen LogP contribution < -0.4 is 35.0 Å². The van der Waals surface area contributed by atoms with Crippen molar-refractivity contribution in [1.82, 2.24) is 16.1 Å². The standard InChI is InChI=1S/C33H34ClIN4O8/c1-5-44-27-14-21(13-24(35)31(27)47-17-20-8-7-9-23(34)12-20)16-36-39-28(40)18-46-25-11-10-22(15-26(25)43-4)30-29(32(41)45-6-2)19(3)37-33(42)38-30/h7-16,30H,5-6,17-18H2,1-4H3,(H,39,40)(H2,37,38,42)/b36-16+/t30-/m1/s1. The Kier molecular flexibility index (Phi) is 12.7. The Morgan fingerprint density at radius 3 is 2.55 bits per heavy atom. The van der Waals surface area contributed by atoms with Gasteiger partial charge in [-0.3, -0.25) is 4.79 Å². The number of hydrazone groups is 1. The van der Waals surface area contributed by atoms with Gasteiger partial charge in [-0.2, -0.15) is 5.10 Å². The molecular formula is C33H34ClIN4O8. The minimum Gasteiger partial charge on any atom is -0.493 e. The number of hydrogen-bond acceptors (Lipinski definition) is 9. The molecule has 3 aromatic carbocycles. The van der Waals surface area contributed by atoms with Crippen molar-refractivity contribution in [3.63, 3.8) is 0 Å². The van der Waals surface area contributed by atoms with Crippen LogP contribution in [0.1, 0.15) is 43.5 Å². The molecule has 0 unspecified atom stereocenters. The lowest BCUT2D eigenvalue weighted by Crippen LogP contribution is -2.45. The first-order valence-electron chi connectivity index (χ1n) is 14.5. The first-order chi connectivity index (χ1) is 22.6. The summed E-state index contributed by atoms with van der Waals surface area (Å²) in [5.74, 6) is 0.634. The summed E-state index contributed by atoms with van der Waals surface area (Å²) in [4.78, 5) is 37.4. The highest BCUT2D eigenvalue weighted by Crippen LogP contribution is 2.36. The van der Waals surface area contributed by atoms with Gasteiger partial charge in [-0.25, -0.2) is 15.0 Å². The largest absolute Gasteiger partial charge is 0.493 e. The van der Waals surface area contributed by atoms with Crippen LogP contribution in [0.3, 0.4) is 0 Å². The Labute approximate surface area is 290 Å². The number of allylic oxidation sites excluding steroid dienone is 1. The van der Waals surface area contributed by atoms with E-state index < -0.39 is 23.9 Å². The number of esters is 1. The number of nitrogens with zero attached hydrogens (tertiary/aromatic N) is 1. The molecule has 0 radical (unpaired) electrons. The molecule has 0 fully saturated rings. The van der Waals surface area contributed by atoms with Crippen molar-refractivity contribution in [2.24, 2.45) is 5.10 Å². The van der Waals surface area contributed by atoms with Crippen molar-refractivity contribution in [3.05, 3.63) is 91.2 Å². The fourth-order valence-electron chi connectivity index (χ4n) is 4.61. The highest BCUT2D eigenvalue weighted by molar-refractivity contribution is 14.1. The Hall–Kier alpha value is -4.50. The zero-order valence-electron chi connectivity index (χ0n) is 26.1. The highest BCUT2D eigenvalue weighted by atomic mass is 127. The maximum Gasteiger partial charge on any atom is 0.338 e. The lowest BCUT2D eigenvalue weighted by Gasteiger charge is -2.28. The number of amides is 3. The third-order valence-electron chi connectivity index (χ3n) is 6.65. The van der Waals surface area contributed by atoms with Crippen LogP contribution in [0.15, 0.2) is 71.0 Å². The molecule has 14 heteroatoms. The molecule has 248 valence electrons. The highest BCUT2D eigenvalue weighted by Gasteiger charge is 2.32. The summed E-state index contributed by atoms with van der Waals surface area (Å²) >= 11 is 8.25. The molecule has 1 heterocycles. The van der Waals surface area contributed by atoms with Gasteiger partial charge in [-0.15, -0.1) is 0 Å². The number of carbonyl (C=O) groups is 3. The zero-order chi connectivity index (χ0) is 33.9. The van der Waals surface area contributed by atoms with Gasteiger partial charge < -0.3 is 34.3 Å². The number of methoxy groups -OCH3 is 1. The van der Waals surface area contributed by atoms with Gasteiger partial charge in [0.2, 0.25) is 0 Å². The molecule has 1 aliphatic rings. The lowest BCUT2D eigenvalue weighted by molar-refractivity contribution is -0.139. The van der Waals surface area contributed by atoms with Crippen LogP contribution in [0, 0.1) is 3.57 Å². The molecule has 0 saturated heterocycles. The van der Waals surface area contributed by atoms with Crippen LogP contribution in [0.25, 0.3) is 0 Å². The monoisotopic (exact) mass is 776 g/mol. The lowest BCUT2D eigenvalue weighted by atomic mass is 9.95. The van der Waals surface area contributed by atoms with Crippen LogP contribution in [-0.2, 0) is 20.9 Å². The van der Waals surface area contributed by atoms with E-state index in [4.69, 9.17) is 35.3 Å². The number of urea groups is 1. The van der Waals surface area contributed by atoms with Crippen molar-refractivity contribution < 1.29 is 38.1 Å². The SMILES string of the molecule is CCOC(=O)C1=C(C)NC(=O)N[C@@H]1c1ccc(OCC(=O)N/N=C/c2cc(I)c(OCc3cccc(Cl)c3)c(OCC)c2)c(OC)c1. The van der Waals surface area contributed by atoms with Gasteiger partial charge in [-0.1, -0.05) is 29.8 Å². The van der Waals surface area contributed by atoms with Gasteiger partial charge in [0.05, 0.1) is 41.7 Å². The van der Waals surface area contributed by atoms with E-state index >= 15 is 0 Å². The second kappa shape index (κ2) is 16.9. The first kappa shape index (κ1) is 35.4. The molecule has 1 atom stereocenters. The summed E-state index contributed by atoms with van der Waals surface area (Å²) in [6.45, 7) is 5.76. The minimum absolute atomic E-state index is 0.179. The number of carbonyl (C=O) groups excluding carboxylic acids is 3. The Bertz CT molecular complexity index is 1700. The summed E-state index contributed by atoms with van der Waals surface area (Å²) in [5, 5.41) is 10.0. The van der Waals surface area contributed by atoms with E-state index in [2.05, 4.69) is 43.8 Å². The second-order valence-corrected chi connectivity index (χ2v) is 11.6. The molecular weight excluding hydrogens is 743 g/mol. The van der Waals surface area contributed by atoms with Crippen LogP contribution in [0.2, 0.25) is 5.02 Å². The van der Waals surface area contributed by atoms with Crippen LogP contribution in [-0.4, -0.2) is 51.1 Å². The first-order valence-corrected chi connectivity index (χ1v) is 16.0. The number of halogens is 2. The van der Waals surface area contributed by atoms with Crippen LogP contribution in [0.5, 0.6) is 23.0 Å². The van der Waals surface area contributed by atoms with E-state index in [1.165, 1.54) is 13.3 Å². The predicted octanol–water partition coefficient (Wildman–Crippen LogP) is 5.65. The number of nitrogens with one attached hydrogen (secondary N) is 3. The normalized spacial score (nSPS) is 14.3. The van der Waals surface area contributed by atoms with Crippen molar-refractivity contribution in [1.29, 1.82) is 0 Å². The van der Waals surface area contributed by atoms with Crippen molar-refractivity contribution in [2.75, 3.05) is 26.9 Å². The summed E-state index contributed by atoms with van der Waals surface area (Å²) < 4.78 is 29.0. The molecule has 3 N–H and O–H groups in total. The Morgan fingerprint density at radius 1 is 1.02 bits per heavy atom. The molecule has 0 spiro atoms. The smallest absolute Gasteiger partial charge is 0.338 e. The number of benzene rings is 3. The van der Waals surface area contributed by atoms with E-state index in [1.54, 1.807) is 44.2 Å². The minimum atomic E-state index is -0.779. The maximum absolute atomic E-state index is 12.6. The van der Waals surface area contributed by atoms with Gasteiger partial charge in [0.15, 0.2) is 29.6 Å². The Morgan fingerprint density at radius 2 is 1.83 bits per heavy atom. The summed E-state index contributed by atoms with van der Waals surface area (Å²) in [5.41, 5.74) is 5.26. The number of ether oxygens (including phenoxy) is 5. The second-order valence-electron chi connectivity index (χ2n) is 9.96. The molecule has 1 aliphatic heterocycles. The summed E-state index contributed by atoms with van der Waals surface area (Å²) in [6, 6.07) is 14.7. The van der Waals surface area contributed by atoms with Gasteiger partial charge in [-0.05, 0) is 96.5 Å². The molecule has 0 saturated carbocycles. The third-order valence-corrected chi connectivity index (χ3v) is 7.69. The molecule has 0 aliphatic carbocycles. The van der Waals surface area contributed by atoms with E-state index in [0.29, 0.717) is 52.3 Å². The molecule has 12 nitrogen and oxygen atoms in total. The summed E-state index contributed by atoms with van der Waals surface area (Å²) in [6.07, 6.45) is 1.49. The molecule has 0 bridgehead atoms. The fraction of sp³-hybridized carbons (Fsp3) is 0.273. The topological polar surface area (TPSA) is 146 Å². The van der Waals surface area contributed by atoms with Crippen LogP contribution in [0.4, 0.5) is 4.79 Å². The average Bonchev–Trinajstić information content (AvgIpc) is 3.03. The van der Waals surface area contributed by atoms with Gasteiger partial charge in [0.1, 0.15) is 6.61 Å². The number of hydrogen-bond donors (Lipinski definition) is 3. The van der Waals surface area contributed by atoms with E-state index in [1.807, 2.05) is 31.2 Å². The quantitative estimate of drug-likeness (QED) is 0.0825.